The summed E-state index contributed by atoms with van der Waals surface area (Å²) in [6.07, 6.45) is 1.50. The highest BCUT2D eigenvalue weighted by atomic mass is 19.4. The average Bonchev–Trinajstić information content (AvgIpc) is 2.84. The van der Waals surface area contributed by atoms with Crippen LogP contribution < -0.4 is 9.80 Å². The molecule has 8 heteroatoms. The first-order valence-corrected chi connectivity index (χ1v) is 11.7. The van der Waals surface area contributed by atoms with Gasteiger partial charge in [0.05, 0.1) is 5.56 Å². The summed E-state index contributed by atoms with van der Waals surface area (Å²) >= 11 is 0. The minimum absolute atomic E-state index is 0.0807. The van der Waals surface area contributed by atoms with E-state index in [1.165, 1.54) is 36.6 Å². The zero-order valence-corrected chi connectivity index (χ0v) is 19.0. The second-order valence-corrected chi connectivity index (χ2v) is 9.03. The number of para-hydroxylation sites is 1. The van der Waals surface area contributed by atoms with Gasteiger partial charge in [-0.05, 0) is 55.9 Å². The van der Waals surface area contributed by atoms with E-state index in [2.05, 4.69) is 28.1 Å². The molecule has 0 saturated carbocycles. The van der Waals surface area contributed by atoms with Gasteiger partial charge >= 0.3 is 6.18 Å². The molecule has 0 spiro atoms. The Kier molecular flexibility index (Phi) is 7.10. The number of hydrogen-bond acceptors (Lipinski definition) is 4. The molecule has 0 bridgehead atoms. The zero-order valence-electron chi connectivity index (χ0n) is 19.0. The quantitative estimate of drug-likeness (QED) is 0.632. The van der Waals surface area contributed by atoms with Gasteiger partial charge in [0, 0.05) is 57.6 Å². The van der Waals surface area contributed by atoms with E-state index in [1.807, 2.05) is 22.9 Å². The highest BCUT2D eigenvalue weighted by Crippen LogP contribution is 2.31. The molecule has 0 atom stereocenters. The summed E-state index contributed by atoms with van der Waals surface area (Å²) in [6, 6.07) is 10.8. The highest BCUT2D eigenvalue weighted by Gasteiger charge is 2.32. The van der Waals surface area contributed by atoms with Gasteiger partial charge in [-0.2, -0.15) is 13.2 Å². The van der Waals surface area contributed by atoms with Crippen molar-refractivity contribution in [3.8, 4) is 0 Å². The highest BCUT2D eigenvalue weighted by molar-refractivity contribution is 5.79. The molecular weight excluding hydrogens is 429 g/mol. The Morgan fingerprint density at radius 3 is 2.33 bits per heavy atom. The van der Waals surface area contributed by atoms with Crippen molar-refractivity contribution in [1.29, 1.82) is 0 Å². The fourth-order valence-electron chi connectivity index (χ4n) is 4.83. The summed E-state index contributed by atoms with van der Waals surface area (Å²) in [6.45, 7) is 3.91. The number of rotatable bonds is 5. The summed E-state index contributed by atoms with van der Waals surface area (Å²) in [5, 5.41) is 0. The Balaban J connectivity index is 1.34. The van der Waals surface area contributed by atoms with Crippen LogP contribution in [0.4, 0.5) is 24.7 Å². The van der Waals surface area contributed by atoms with Crippen LogP contribution in [0.15, 0.2) is 42.6 Å². The van der Waals surface area contributed by atoms with E-state index in [0.29, 0.717) is 38.3 Å². The van der Waals surface area contributed by atoms with Gasteiger partial charge in [0.1, 0.15) is 5.82 Å². The fourth-order valence-corrected chi connectivity index (χ4v) is 4.83. The number of hydrogen-bond donors (Lipinski definition) is 0. The Morgan fingerprint density at radius 1 is 1.00 bits per heavy atom. The smallest absolute Gasteiger partial charge is 0.371 e. The van der Waals surface area contributed by atoms with Gasteiger partial charge in [0.15, 0.2) is 0 Å². The molecule has 0 radical (unpaired) electrons. The van der Waals surface area contributed by atoms with E-state index >= 15 is 0 Å². The van der Waals surface area contributed by atoms with E-state index in [9.17, 15) is 18.0 Å². The number of carbonyl (C=O) groups excluding carboxylic acids is 1. The molecule has 1 aromatic carbocycles. The van der Waals surface area contributed by atoms with Crippen molar-refractivity contribution in [1.82, 2.24) is 9.88 Å². The van der Waals surface area contributed by atoms with Gasteiger partial charge < -0.3 is 14.7 Å². The maximum atomic E-state index is 13.1. The standard InChI is InChI=1S/C25H31F3N4O/c1-30(18-20-7-3-4-8-22(20)31-13-5-2-6-14-31)24(33)19-11-15-32(16-12-19)23-10-9-21(17-29-23)25(26,27)28/h3-4,7-10,17,19H,2,5-6,11-16,18H2,1H3. The Bertz CT molecular complexity index is 933. The minimum Gasteiger partial charge on any atom is -0.371 e. The van der Waals surface area contributed by atoms with E-state index in [1.54, 1.807) is 0 Å². The molecule has 1 amide bonds. The third kappa shape index (κ3) is 5.60. The number of anilines is 2. The number of piperidine rings is 2. The first kappa shape index (κ1) is 23.4. The number of amides is 1. The Morgan fingerprint density at radius 2 is 1.70 bits per heavy atom. The molecule has 4 rings (SSSR count). The van der Waals surface area contributed by atoms with Crippen LogP contribution in [0.3, 0.4) is 0 Å². The number of benzene rings is 1. The Labute approximate surface area is 193 Å². The summed E-state index contributed by atoms with van der Waals surface area (Å²) < 4.78 is 38.3. The number of halogens is 3. The van der Waals surface area contributed by atoms with Crippen molar-refractivity contribution in [3.05, 3.63) is 53.7 Å². The molecule has 0 N–H and O–H groups in total. The molecule has 3 heterocycles. The summed E-state index contributed by atoms with van der Waals surface area (Å²) in [5.41, 5.74) is 1.64. The lowest BCUT2D eigenvalue weighted by atomic mass is 9.95. The minimum atomic E-state index is -4.39. The summed E-state index contributed by atoms with van der Waals surface area (Å²) in [5.74, 6) is 0.573. The van der Waals surface area contributed by atoms with E-state index in [4.69, 9.17) is 0 Å². The first-order valence-electron chi connectivity index (χ1n) is 11.7. The monoisotopic (exact) mass is 460 g/mol. The van der Waals surface area contributed by atoms with Gasteiger partial charge in [-0.15, -0.1) is 0 Å². The van der Waals surface area contributed by atoms with Crippen molar-refractivity contribution in [2.24, 2.45) is 5.92 Å². The maximum Gasteiger partial charge on any atom is 0.417 e. The van der Waals surface area contributed by atoms with Crippen molar-refractivity contribution in [3.63, 3.8) is 0 Å². The third-order valence-corrected chi connectivity index (χ3v) is 6.72. The number of aromatic nitrogens is 1. The van der Waals surface area contributed by atoms with Gasteiger partial charge in [-0.1, -0.05) is 18.2 Å². The predicted octanol–water partition coefficient (Wildman–Crippen LogP) is 4.97. The molecular formula is C25H31F3N4O. The van der Waals surface area contributed by atoms with Crippen LogP contribution in [-0.4, -0.2) is 49.0 Å². The van der Waals surface area contributed by atoms with Crippen LogP contribution in [0.2, 0.25) is 0 Å². The molecule has 178 valence electrons. The van der Waals surface area contributed by atoms with E-state index < -0.39 is 11.7 Å². The van der Waals surface area contributed by atoms with Crippen molar-refractivity contribution >= 4 is 17.4 Å². The van der Waals surface area contributed by atoms with Gasteiger partial charge in [-0.3, -0.25) is 4.79 Å². The molecule has 0 aliphatic carbocycles. The first-order chi connectivity index (χ1) is 15.8. The summed E-state index contributed by atoms with van der Waals surface area (Å²) in [7, 11) is 1.86. The van der Waals surface area contributed by atoms with E-state index in [0.717, 1.165) is 25.4 Å². The average molecular weight is 461 g/mol. The van der Waals surface area contributed by atoms with Crippen LogP contribution in [-0.2, 0) is 17.5 Å². The van der Waals surface area contributed by atoms with E-state index in [-0.39, 0.29) is 11.8 Å². The molecule has 2 aromatic rings. The molecule has 33 heavy (non-hydrogen) atoms. The molecule has 2 saturated heterocycles. The van der Waals surface area contributed by atoms with Crippen molar-refractivity contribution in [2.45, 2.75) is 44.8 Å². The number of carbonyl (C=O) groups is 1. The SMILES string of the molecule is CN(Cc1ccccc1N1CCCCC1)C(=O)C1CCN(c2ccc(C(F)(F)F)cn2)CC1. The summed E-state index contributed by atoms with van der Waals surface area (Å²) in [4.78, 5) is 23.3. The van der Waals surface area contributed by atoms with Crippen molar-refractivity contribution < 1.29 is 18.0 Å². The van der Waals surface area contributed by atoms with Crippen LogP contribution in [0, 0.1) is 5.92 Å². The number of pyridine rings is 1. The lowest BCUT2D eigenvalue weighted by molar-refractivity contribution is -0.138. The lowest BCUT2D eigenvalue weighted by Crippen LogP contribution is -2.41. The number of alkyl halides is 3. The second-order valence-electron chi connectivity index (χ2n) is 9.03. The molecule has 2 fully saturated rings. The van der Waals surface area contributed by atoms with Crippen molar-refractivity contribution in [2.75, 3.05) is 43.0 Å². The number of nitrogens with zero attached hydrogens (tertiary/aromatic N) is 4. The van der Waals surface area contributed by atoms with Crippen LogP contribution in [0.5, 0.6) is 0 Å². The molecule has 5 nitrogen and oxygen atoms in total. The van der Waals surface area contributed by atoms with Gasteiger partial charge in [0.2, 0.25) is 5.91 Å². The second kappa shape index (κ2) is 10.0. The molecule has 2 aliphatic rings. The molecule has 1 aromatic heterocycles. The zero-order chi connectivity index (χ0) is 23.4. The lowest BCUT2D eigenvalue weighted by Gasteiger charge is -2.35. The topological polar surface area (TPSA) is 39.7 Å². The fraction of sp³-hybridized carbons (Fsp3) is 0.520. The predicted molar refractivity (Wildman–Crippen MR) is 123 cm³/mol. The molecule has 2 aliphatic heterocycles. The largest absolute Gasteiger partial charge is 0.417 e. The Hall–Kier alpha value is -2.77. The maximum absolute atomic E-state index is 13.1. The van der Waals surface area contributed by atoms with Crippen LogP contribution in [0.1, 0.15) is 43.2 Å². The molecule has 0 unspecified atom stereocenters. The van der Waals surface area contributed by atoms with Crippen LogP contribution in [0.25, 0.3) is 0 Å². The normalized spacial score (nSPS) is 17.8. The third-order valence-electron chi connectivity index (χ3n) is 6.72. The van der Waals surface area contributed by atoms with Gasteiger partial charge in [-0.25, -0.2) is 4.98 Å². The van der Waals surface area contributed by atoms with Gasteiger partial charge in [0.25, 0.3) is 0 Å². The van der Waals surface area contributed by atoms with Crippen LogP contribution >= 0.6 is 0 Å².